The molecule has 2 aliphatic rings. The minimum absolute atomic E-state index is 0.0664. The van der Waals surface area contributed by atoms with Crippen LogP contribution in [0, 0.1) is 0 Å². The van der Waals surface area contributed by atoms with Crippen LogP contribution in [0.15, 0.2) is 0 Å². The van der Waals surface area contributed by atoms with Crippen molar-refractivity contribution in [2.24, 2.45) is 0 Å². The maximum atomic E-state index is 11.9. The molecule has 2 heterocycles. The van der Waals surface area contributed by atoms with E-state index in [0.29, 0.717) is 32.8 Å². The maximum absolute atomic E-state index is 11.9. The van der Waals surface area contributed by atoms with E-state index in [1.54, 1.807) is 4.90 Å². The fraction of sp³-hybridized carbons (Fsp3) is 0.846. The molecule has 0 saturated carbocycles. The number of nitrogens with zero attached hydrogens (tertiary/aromatic N) is 2. The normalized spacial score (nSPS) is 20.7. The molecule has 2 aliphatic heterocycles. The summed E-state index contributed by atoms with van der Waals surface area (Å²) in [4.78, 5) is 27.5. The number of carbonyl (C=O) groups is 2. The largest absolute Gasteiger partial charge is 0.379 e. The van der Waals surface area contributed by atoms with Gasteiger partial charge in [-0.2, -0.15) is 0 Å². The number of rotatable bonds is 5. The molecule has 0 aromatic carbocycles. The lowest BCUT2D eigenvalue weighted by Gasteiger charge is -2.27. The Morgan fingerprint density at radius 1 is 0.950 bits per heavy atom. The van der Waals surface area contributed by atoms with Crippen molar-refractivity contribution < 1.29 is 19.1 Å². The molecule has 0 atom stereocenters. The molecule has 2 rings (SSSR count). The number of hydrogen-bond donors (Lipinski definition) is 1. The first-order chi connectivity index (χ1) is 9.75. The van der Waals surface area contributed by atoms with Crippen molar-refractivity contribution in [1.82, 2.24) is 15.1 Å². The van der Waals surface area contributed by atoms with Crippen molar-refractivity contribution in [2.75, 3.05) is 65.7 Å². The topological polar surface area (TPSA) is 71.1 Å². The Balaban J connectivity index is 1.58. The Morgan fingerprint density at radius 2 is 1.55 bits per heavy atom. The third-order valence-electron chi connectivity index (χ3n) is 3.53. The lowest BCUT2D eigenvalue weighted by molar-refractivity contribution is -0.139. The van der Waals surface area contributed by atoms with Gasteiger partial charge in [0, 0.05) is 39.3 Å². The second-order valence-corrected chi connectivity index (χ2v) is 4.97. The molecule has 114 valence electrons. The Labute approximate surface area is 119 Å². The summed E-state index contributed by atoms with van der Waals surface area (Å²) in [6.07, 6.45) is -0.0664. The zero-order valence-electron chi connectivity index (χ0n) is 11.8. The van der Waals surface area contributed by atoms with Gasteiger partial charge in [-0.25, -0.2) is 0 Å². The van der Waals surface area contributed by atoms with Crippen molar-refractivity contribution >= 4 is 11.8 Å². The van der Waals surface area contributed by atoms with Crippen molar-refractivity contribution in [3.05, 3.63) is 0 Å². The second-order valence-electron chi connectivity index (χ2n) is 4.97. The fourth-order valence-electron chi connectivity index (χ4n) is 2.30. The van der Waals surface area contributed by atoms with Crippen LogP contribution in [0.2, 0.25) is 0 Å². The minimum atomic E-state index is -0.199. The van der Waals surface area contributed by atoms with E-state index in [1.165, 1.54) is 0 Å². The van der Waals surface area contributed by atoms with Gasteiger partial charge in [0.05, 0.1) is 26.4 Å². The maximum Gasteiger partial charge on any atom is 0.232 e. The lowest BCUT2D eigenvalue weighted by Crippen LogP contribution is -2.44. The van der Waals surface area contributed by atoms with Gasteiger partial charge >= 0.3 is 0 Å². The Hall–Kier alpha value is -1.18. The molecule has 20 heavy (non-hydrogen) atoms. The van der Waals surface area contributed by atoms with Gasteiger partial charge in [0.2, 0.25) is 11.8 Å². The van der Waals surface area contributed by atoms with E-state index < -0.39 is 0 Å². The number of hydrogen-bond acceptors (Lipinski definition) is 5. The molecule has 0 aliphatic carbocycles. The van der Waals surface area contributed by atoms with Crippen LogP contribution in [-0.2, 0) is 19.1 Å². The molecule has 2 saturated heterocycles. The molecule has 0 unspecified atom stereocenters. The Bertz CT molecular complexity index is 326. The number of nitrogens with one attached hydrogen (secondary N) is 1. The van der Waals surface area contributed by atoms with Crippen molar-refractivity contribution in [3.8, 4) is 0 Å². The molecular formula is C13H23N3O4. The van der Waals surface area contributed by atoms with Crippen molar-refractivity contribution in [1.29, 1.82) is 0 Å². The van der Waals surface area contributed by atoms with Crippen LogP contribution in [0.4, 0.5) is 0 Å². The predicted octanol–water partition coefficient (Wildman–Crippen LogP) is -1.32. The van der Waals surface area contributed by atoms with Crippen LogP contribution in [-0.4, -0.2) is 87.3 Å². The van der Waals surface area contributed by atoms with Gasteiger partial charge in [0.25, 0.3) is 0 Å². The summed E-state index contributed by atoms with van der Waals surface area (Å²) in [6, 6.07) is 0. The molecule has 7 heteroatoms. The average molecular weight is 285 g/mol. The third-order valence-corrected chi connectivity index (χ3v) is 3.53. The van der Waals surface area contributed by atoms with Crippen LogP contribution in [0.5, 0.6) is 0 Å². The molecule has 0 radical (unpaired) electrons. The molecule has 2 amide bonds. The van der Waals surface area contributed by atoms with Gasteiger partial charge in [-0.05, 0) is 0 Å². The molecule has 0 spiro atoms. The van der Waals surface area contributed by atoms with Crippen molar-refractivity contribution in [3.63, 3.8) is 0 Å². The first-order valence-electron chi connectivity index (χ1n) is 7.18. The number of morpholine rings is 2. The highest BCUT2D eigenvalue weighted by atomic mass is 16.5. The zero-order valence-corrected chi connectivity index (χ0v) is 11.8. The first-order valence-corrected chi connectivity index (χ1v) is 7.18. The monoisotopic (exact) mass is 285 g/mol. The molecular weight excluding hydrogens is 262 g/mol. The lowest BCUT2D eigenvalue weighted by atomic mass is 10.3. The molecule has 7 nitrogen and oxygen atoms in total. The zero-order chi connectivity index (χ0) is 14.2. The highest BCUT2D eigenvalue weighted by molar-refractivity contribution is 5.96. The summed E-state index contributed by atoms with van der Waals surface area (Å²) >= 11 is 0. The van der Waals surface area contributed by atoms with E-state index in [2.05, 4.69) is 10.2 Å². The van der Waals surface area contributed by atoms with E-state index >= 15 is 0 Å². The van der Waals surface area contributed by atoms with E-state index in [1.807, 2.05) is 0 Å². The SMILES string of the molecule is O=C(CC(=O)N1CCOCC1)NCCN1CCOCC1. The van der Waals surface area contributed by atoms with Crippen LogP contribution < -0.4 is 5.32 Å². The van der Waals surface area contributed by atoms with Gasteiger partial charge in [0.1, 0.15) is 6.42 Å². The van der Waals surface area contributed by atoms with Gasteiger partial charge in [-0.3, -0.25) is 14.5 Å². The van der Waals surface area contributed by atoms with Crippen LogP contribution in [0.3, 0.4) is 0 Å². The fourth-order valence-corrected chi connectivity index (χ4v) is 2.30. The van der Waals surface area contributed by atoms with E-state index in [-0.39, 0.29) is 18.2 Å². The Morgan fingerprint density at radius 3 is 2.20 bits per heavy atom. The van der Waals surface area contributed by atoms with Gasteiger partial charge < -0.3 is 19.7 Å². The number of ether oxygens (including phenoxy) is 2. The summed E-state index contributed by atoms with van der Waals surface area (Å²) < 4.78 is 10.4. The summed E-state index contributed by atoms with van der Waals surface area (Å²) in [6.45, 7) is 6.99. The highest BCUT2D eigenvalue weighted by Gasteiger charge is 2.19. The van der Waals surface area contributed by atoms with Gasteiger partial charge in [-0.1, -0.05) is 0 Å². The highest BCUT2D eigenvalue weighted by Crippen LogP contribution is 2.00. The molecule has 1 N–H and O–H groups in total. The number of carbonyl (C=O) groups excluding carboxylic acids is 2. The smallest absolute Gasteiger partial charge is 0.232 e. The van der Waals surface area contributed by atoms with Gasteiger partial charge in [0.15, 0.2) is 0 Å². The quantitative estimate of drug-likeness (QED) is 0.635. The van der Waals surface area contributed by atoms with E-state index in [0.717, 1.165) is 32.8 Å². The second kappa shape index (κ2) is 8.18. The number of amides is 2. The average Bonchev–Trinajstić information content (AvgIpc) is 2.49. The first kappa shape index (κ1) is 15.2. The molecule has 2 fully saturated rings. The standard InChI is InChI=1S/C13H23N3O4/c17-12(11-13(18)16-5-9-20-10-6-16)14-1-2-15-3-7-19-8-4-15/h1-11H2,(H,14,17). The third kappa shape index (κ3) is 5.07. The van der Waals surface area contributed by atoms with E-state index in [9.17, 15) is 9.59 Å². The molecule has 0 aromatic rings. The van der Waals surface area contributed by atoms with E-state index in [4.69, 9.17) is 9.47 Å². The van der Waals surface area contributed by atoms with Crippen LogP contribution in [0.1, 0.15) is 6.42 Å². The predicted molar refractivity (Wildman–Crippen MR) is 72.3 cm³/mol. The van der Waals surface area contributed by atoms with Crippen LogP contribution >= 0.6 is 0 Å². The minimum Gasteiger partial charge on any atom is -0.379 e. The van der Waals surface area contributed by atoms with Gasteiger partial charge in [-0.15, -0.1) is 0 Å². The summed E-state index contributed by atoms with van der Waals surface area (Å²) in [5, 5.41) is 2.80. The summed E-state index contributed by atoms with van der Waals surface area (Å²) in [7, 11) is 0. The molecule has 0 bridgehead atoms. The Kier molecular flexibility index (Phi) is 6.23. The summed E-state index contributed by atoms with van der Waals surface area (Å²) in [5.74, 6) is -0.313. The van der Waals surface area contributed by atoms with Crippen LogP contribution in [0.25, 0.3) is 0 Å². The summed E-state index contributed by atoms with van der Waals surface area (Å²) in [5.41, 5.74) is 0. The van der Waals surface area contributed by atoms with Crippen molar-refractivity contribution in [2.45, 2.75) is 6.42 Å². The molecule has 0 aromatic heterocycles.